The van der Waals surface area contributed by atoms with E-state index in [1.165, 1.54) is 0 Å². The summed E-state index contributed by atoms with van der Waals surface area (Å²) >= 11 is 0. The van der Waals surface area contributed by atoms with Crippen LogP contribution < -0.4 is 5.73 Å². The summed E-state index contributed by atoms with van der Waals surface area (Å²) in [6.45, 7) is 4.01. The Kier molecular flexibility index (Phi) is 5.53. The topological polar surface area (TPSA) is 46.2 Å². The second-order valence-corrected chi connectivity index (χ2v) is 5.31. The largest absolute Gasteiger partial charge is 0.419 e. The molecule has 1 aromatic carbocycles. The van der Waals surface area contributed by atoms with Gasteiger partial charge in [0, 0.05) is 5.92 Å². The van der Waals surface area contributed by atoms with E-state index in [9.17, 15) is 22.7 Å². The summed E-state index contributed by atoms with van der Waals surface area (Å²) in [5.41, 5.74) is 4.23. The molecule has 2 nitrogen and oxygen atoms in total. The lowest BCUT2D eigenvalue weighted by atomic mass is 9.88. The monoisotopic (exact) mass is 293 g/mol. The fourth-order valence-corrected chi connectivity index (χ4v) is 2.18. The van der Waals surface area contributed by atoms with E-state index in [-0.39, 0.29) is 23.9 Å². The molecule has 0 radical (unpaired) electrons. The number of hydrogen-bond donors (Lipinski definition) is 2. The van der Waals surface area contributed by atoms with Crippen molar-refractivity contribution in [3.05, 3.63) is 35.1 Å². The van der Waals surface area contributed by atoms with Gasteiger partial charge in [0.15, 0.2) is 0 Å². The summed E-state index contributed by atoms with van der Waals surface area (Å²) in [5.74, 6) is -1.45. The number of nitrogens with two attached hydrogens (primary N) is 1. The van der Waals surface area contributed by atoms with Crippen LogP contribution in [0.1, 0.15) is 37.5 Å². The van der Waals surface area contributed by atoms with Crippen molar-refractivity contribution in [2.45, 2.75) is 32.5 Å². The summed E-state index contributed by atoms with van der Waals surface area (Å²) < 4.78 is 51.1. The van der Waals surface area contributed by atoms with Gasteiger partial charge >= 0.3 is 6.18 Å². The van der Waals surface area contributed by atoms with Crippen LogP contribution in [-0.2, 0) is 6.18 Å². The number of benzene rings is 1. The van der Waals surface area contributed by atoms with Crippen molar-refractivity contribution in [1.29, 1.82) is 0 Å². The van der Waals surface area contributed by atoms with Crippen LogP contribution in [0.3, 0.4) is 0 Å². The Hall–Kier alpha value is -1.14. The molecule has 0 saturated carbocycles. The molecule has 0 heterocycles. The Morgan fingerprint density at radius 1 is 1.25 bits per heavy atom. The second-order valence-electron chi connectivity index (χ2n) is 5.31. The molecule has 0 aromatic heterocycles. The summed E-state index contributed by atoms with van der Waals surface area (Å²) in [6.07, 6.45) is -5.34. The molecular weight excluding hydrogens is 274 g/mol. The molecule has 0 aliphatic rings. The zero-order valence-corrected chi connectivity index (χ0v) is 11.4. The van der Waals surface area contributed by atoms with Gasteiger partial charge in [-0.3, -0.25) is 0 Å². The van der Waals surface area contributed by atoms with Crippen LogP contribution in [0.2, 0.25) is 0 Å². The van der Waals surface area contributed by atoms with E-state index >= 15 is 0 Å². The number of hydrogen-bond acceptors (Lipinski definition) is 2. The highest BCUT2D eigenvalue weighted by molar-refractivity contribution is 5.29. The molecule has 1 rings (SSSR count). The first-order chi connectivity index (χ1) is 9.16. The third-order valence-electron chi connectivity index (χ3n) is 3.16. The maximum absolute atomic E-state index is 13.2. The van der Waals surface area contributed by atoms with Gasteiger partial charge in [0.05, 0.1) is 11.7 Å². The SMILES string of the molecule is CC(C)CC(CN)C(O)c1ccc(F)c(C(F)(F)F)c1. The van der Waals surface area contributed by atoms with E-state index in [2.05, 4.69) is 0 Å². The summed E-state index contributed by atoms with van der Waals surface area (Å²) in [5, 5.41) is 10.1. The Bertz CT molecular complexity index is 445. The smallest absolute Gasteiger partial charge is 0.388 e. The van der Waals surface area contributed by atoms with Gasteiger partial charge in [0.25, 0.3) is 0 Å². The molecule has 0 saturated heterocycles. The van der Waals surface area contributed by atoms with Gasteiger partial charge in [-0.25, -0.2) is 4.39 Å². The van der Waals surface area contributed by atoms with Gasteiger partial charge in [0.2, 0.25) is 0 Å². The minimum Gasteiger partial charge on any atom is -0.388 e. The molecule has 0 aliphatic heterocycles. The standard InChI is InChI=1S/C14H19F4NO/c1-8(2)5-10(7-19)13(20)9-3-4-12(15)11(6-9)14(16,17)18/h3-4,6,8,10,13,20H,5,7,19H2,1-2H3. The van der Waals surface area contributed by atoms with E-state index in [0.29, 0.717) is 12.5 Å². The van der Waals surface area contributed by atoms with Crippen LogP contribution in [0, 0.1) is 17.7 Å². The Balaban J connectivity index is 3.07. The number of aliphatic hydroxyl groups excluding tert-OH is 1. The van der Waals surface area contributed by atoms with Crippen LogP contribution in [0.5, 0.6) is 0 Å². The molecular formula is C14H19F4NO. The van der Waals surface area contributed by atoms with Gasteiger partial charge in [-0.15, -0.1) is 0 Å². The summed E-state index contributed by atoms with van der Waals surface area (Å²) in [6, 6.07) is 2.55. The molecule has 2 atom stereocenters. The van der Waals surface area contributed by atoms with Crippen molar-refractivity contribution >= 4 is 0 Å². The normalized spacial score (nSPS) is 15.4. The zero-order valence-electron chi connectivity index (χ0n) is 11.4. The molecule has 0 bridgehead atoms. The molecule has 0 amide bonds. The first-order valence-electron chi connectivity index (χ1n) is 6.41. The first-order valence-corrected chi connectivity index (χ1v) is 6.41. The van der Waals surface area contributed by atoms with Crippen LogP contribution >= 0.6 is 0 Å². The molecule has 0 fully saturated rings. The lowest BCUT2D eigenvalue weighted by Crippen LogP contribution is -2.24. The van der Waals surface area contributed by atoms with Gasteiger partial charge in [-0.2, -0.15) is 13.2 Å². The van der Waals surface area contributed by atoms with E-state index in [1.54, 1.807) is 0 Å². The molecule has 2 unspecified atom stereocenters. The van der Waals surface area contributed by atoms with E-state index in [0.717, 1.165) is 12.1 Å². The molecule has 114 valence electrons. The number of rotatable bonds is 5. The van der Waals surface area contributed by atoms with E-state index in [4.69, 9.17) is 5.73 Å². The number of aliphatic hydroxyl groups is 1. The lowest BCUT2D eigenvalue weighted by Gasteiger charge is -2.24. The third kappa shape index (κ3) is 4.18. The van der Waals surface area contributed by atoms with Gasteiger partial charge in [-0.1, -0.05) is 19.9 Å². The highest BCUT2D eigenvalue weighted by atomic mass is 19.4. The maximum Gasteiger partial charge on any atom is 0.419 e. The van der Waals surface area contributed by atoms with E-state index in [1.807, 2.05) is 13.8 Å². The first kappa shape index (κ1) is 16.9. The fourth-order valence-electron chi connectivity index (χ4n) is 2.18. The second kappa shape index (κ2) is 6.54. The van der Waals surface area contributed by atoms with Crippen molar-refractivity contribution in [3.8, 4) is 0 Å². The molecule has 0 aliphatic carbocycles. The van der Waals surface area contributed by atoms with Crippen molar-refractivity contribution in [2.24, 2.45) is 17.6 Å². The molecule has 0 spiro atoms. The third-order valence-corrected chi connectivity index (χ3v) is 3.16. The zero-order chi connectivity index (χ0) is 15.5. The highest BCUT2D eigenvalue weighted by Crippen LogP contribution is 2.35. The Labute approximate surface area is 115 Å². The Morgan fingerprint density at radius 3 is 2.30 bits per heavy atom. The van der Waals surface area contributed by atoms with Gasteiger partial charge in [-0.05, 0) is 36.6 Å². The fraction of sp³-hybridized carbons (Fsp3) is 0.571. The van der Waals surface area contributed by atoms with Crippen LogP contribution in [-0.4, -0.2) is 11.7 Å². The van der Waals surface area contributed by atoms with Gasteiger partial charge < -0.3 is 10.8 Å². The quantitative estimate of drug-likeness (QED) is 0.816. The maximum atomic E-state index is 13.2. The highest BCUT2D eigenvalue weighted by Gasteiger charge is 2.35. The molecule has 20 heavy (non-hydrogen) atoms. The number of halogens is 4. The van der Waals surface area contributed by atoms with Crippen molar-refractivity contribution in [2.75, 3.05) is 6.54 Å². The average Bonchev–Trinajstić information content (AvgIpc) is 2.34. The molecule has 6 heteroatoms. The van der Waals surface area contributed by atoms with Crippen molar-refractivity contribution in [3.63, 3.8) is 0 Å². The minimum atomic E-state index is -4.78. The molecule has 3 N–H and O–H groups in total. The van der Waals surface area contributed by atoms with Gasteiger partial charge in [0.1, 0.15) is 5.82 Å². The van der Waals surface area contributed by atoms with Crippen molar-refractivity contribution in [1.82, 2.24) is 0 Å². The van der Waals surface area contributed by atoms with Crippen LogP contribution in [0.25, 0.3) is 0 Å². The van der Waals surface area contributed by atoms with Crippen LogP contribution in [0.15, 0.2) is 18.2 Å². The number of alkyl halides is 3. The lowest BCUT2D eigenvalue weighted by molar-refractivity contribution is -0.140. The predicted octanol–water partition coefficient (Wildman–Crippen LogP) is 3.50. The van der Waals surface area contributed by atoms with Crippen LogP contribution in [0.4, 0.5) is 17.6 Å². The Morgan fingerprint density at radius 2 is 1.85 bits per heavy atom. The molecule has 1 aromatic rings. The minimum absolute atomic E-state index is 0.0369. The average molecular weight is 293 g/mol. The summed E-state index contributed by atoms with van der Waals surface area (Å²) in [4.78, 5) is 0. The summed E-state index contributed by atoms with van der Waals surface area (Å²) in [7, 11) is 0. The predicted molar refractivity (Wildman–Crippen MR) is 68.4 cm³/mol. The van der Waals surface area contributed by atoms with E-state index < -0.39 is 23.7 Å². The van der Waals surface area contributed by atoms with Crippen molar-refractivity contribution < 1.29 is 22.7 Å².